The molecule has 0 aromatic heterocycles. The molecular formula is C20H15BrF3NO3. The van der Waals surface area contributed by atoms with Crippen LogP contribution in [0.4, 0.5) is 13.2 Å². The van der Waals surface area contributed by atoms with Gasteiger partial charge in [0, 0.05) is 22.0 Å². The first-order valence-corrected chi connectivity index (χ1v) is 8.84. The molecule has 0 amide bonds. The molecular weight excluding hydrogens is 439 g/mol. The number of carbonyl (C=O) groups excluding carboxylic acids is 2. The van der Waals surface area contributed by atoms with Crippen molar-refractivity contribution in [3.63, 3.8) is 0 Å². The first kappa shape index (κ1) is 21.6. The van der Waals surface area contributed by atoms with E-state index in [4.69, 9.17) is 6.57 Å². The lowest BCUT2D eigenvalue weighted by atomic mass is 9.75. The molecule has 146 valence electrons. The van der Waals surface area contributed by atoms with E-state index in [1.807, 2.05) is 0 Å². The van der Waals surface area contributed by atoms with Gasteiger partial charge in [0.05, 0.1) is 7.11 Å². The zero-order valence-electron chi connectivity index (χ0n) is 14.7. The fourth-order valence-electron chi connectivity index (χ4n) is 2.94. The quantitative estimate of drug-likeness (QED) is 0.343. The zero-order chi connectivity index (χ0) is 20.9. The number of rotatable bonds is 6. The molecule has 0 N–H and O–H groups in total. The van der Waals surface area contributed by atoms with Crippen LogP contribution in [0.25, 0.3) is 4.85 Å². The Hall–Kier alpha value is -2.66. The second kappa shape index (κ2) is 8.57. The van der Waals surface area contributed by atoms with Gasteiger partial charge in [0.25, 0.3) is 0 Å². The van der Waals surface area contributed by atoms with Crippen LogP contribution in [0.2, 0.25) is 0 Å². The van der Waals surface area contributed by atoms with E-state index in [0.717, 1.165) is 7.11 Å². The molecule has 0 spiro atoms. The summed E-state index contributed by atoms with van der Waals surface area (Å²) in [7, 11) is 0.910. The van der Waals surface area contributed by atoms with Crippen molar-refractivity contribution < 1.29 is 27.5 Å². The maximum absolute atomic E-state index is 14.0. The summed E-state index contributed by atoms with van der Waals surface area (Å²) >= 11 is 3.17. The summed E-state index contributed by atoms with van der Waals surface area (Å²) in [6.45, 7) is 7.49. The van der Waals surface area contributed by atoms with Crippen LogP contribution < -0.4 is 0 Å². The third-order valence-electron chi connectivity index (χ3n) is 4.34. The van der Waals surface area contributed by atoms with Crippen LogP contribution in [0, 0.1) is 12.5 Å². The van der Waals surface area contributed by atoms with Crippen molar-refractivity contribution in [3.05, 3.63) is 81.6 Å². The summed E-state index contributed by atoms with van der Waals surface area (Å²) in [5.74, 6) is -4.77. The lowest BCUT2D eigenvalue weighted by Gasteiger charge is -2.29. The van der Waals surface area contributed by atoms with E-state index >= 15 is 0 Å². The highest BCUT2D eigenvalue weighted by Gasteiger charge is 2.66. The Balaban J connectivity index is 2.63. The molecule has 28 heavy (non-hydrogen) atoms. The third-order valence-corrected chi connectivity index (χ3v) is 4.87. The molecule has 0 unspecified atom stereocenters. The molecule has 4 nitrogen and oxygen atoms in total. The molecule has 0 saturated heterocycles. The predicted octanol–water partition coefficient (Wildman–Crippen LogP) is 5.19. The van der Waals surface area contributed by atoms with Crippen LogP contribution in [0.1, 0.15) is 22.3 Å². The van der Waals surface area contributed by atoms with Gasteiger partial charge in [-0.05, 0) is 24.3 Å². The van der Waals surface area contributed by atoms with Crippen LogP contribution in [-0.2, 0) is 15.1 Å². The van der Waals surface area contributed by atoms with Gasteiger partial charge in [0.15, 0.2) is 11.7 Å². The van der Waals surface area contributed by atoms with Crippen LogP contribution in [0.5, 0.6) is 0 Å². The fourth-order valence-corrected chi connectivity index (χ4v) is 3.20. The largest absolute Gasteiger partial charge is 0.463 e. The average molecular weight is 454 g/mol. The standard InChI is InChI=1S/C20H15BrF3NO3/c1-25-19(18(27)28-2,14-8-10-15(21)11-9-14)17(20(22,23)24)12-16(26)13-6-4-3-5-7-13/h3-11,17H,12H2,2H3/t17-,19-/m0/s1. The molecule has 2 atom stereocenters. The molecule has 0 aliphatic rings. The van der Waals surface area contributed by atoms with E-state index in [2.05, 4.69) is 25.5 Å². The molecule has 2 aromatic carbocycles. The molecule has 0 fully saturated rings. The second-order valence-electron chi connectivity index (χ2n) is 5.96. The monoisotopic (exact) mass is 453 g/mol. The molecule has 0 radical (unpaired) electrons. The number of methoxy groups -OCH3 is 1. The molecule has 2 aromatic rings. The van der Waals surface area contributed by atoms with Gasteiger partial charge in [-0.15, -0.1) is 0 Å². The van der Waals surface area contributed by atoms with Crippen molar-refractivity contribution in [1.82, 2.24) is 0 Å². The van der Waals surface area contributed by atoms with Crippen molar-refractivity contribution in [2.45, 2.75) is 18.1 Å². The number of benzene rings is 2. The lowest BCUT2D eigenvalue weighted by Crippen LogP contribution is -2.48. The lowest BCUT2D eigenvalue weighted by molar-refractivity contribution is -0.197. The highest BCUT2D eigenvalue weighted by molar-refractivity contribution is 9.10. The van der Waals surface area contributed by atoms with Gasteiger partial charge < -0.3 is 4.74 Å². The number of halogens is 4. The summed E-state index contributed by atoms with van der Waals surface area (Å²) < 4.78 is 47.2. The minimum Gasteiger partial charge on any atom is -0.463 e. The van der Waals surface area contributed by atoms with Crippen LogP contribution in [0.3, 0.4) is 0 Å². The molecule has 0 heterocycles. The summed E-state index contributed by atoms with van der Waals surface area (Å²) in [4.78, 5) is 28.1. The van der Waals surface area contributed by atoms with E-state index in [1.165, 1.54) is 48.5 Å². The van der Waals surface area contributed by atoms with Gasteiger partial charge in [0.1, 0.15) is 0 Å². The molecule has 2 rings (SSSR count). The number of esters is 1. The highest BCUT2D eigenvalue weighted by Crippen LogP contribution is 2.47. The molecule has 0 bridgehead atoms. The number of hydrogen-bond acceptors (Lipinski definition) is 3. The Morgan fingerprint density at radius 3 is 2.14 bits per heavy atom. The van der Waals surface area contributed by atoms with E-state index < -0.39 is 35.8 Å². The Morgan fingerprint density at radius 1 is 1.11 bits per heavy atom. The Kier molecular flexibility index (Phi) is 6.62. The number of alkyl halides is 3. The van der Waals surface area contributed by atoms with Gasteiger partial charge in [-0.1, -0.05) is 46.3 Å². The minimum atomic E-state index is -5.00. The number of nitrogens with zero attached hydrogens (tertiary/aromatic N) is 1. The Morgan fingerprint density at radius 2 is 1.68 bits per heavy atom. The number of ether oxygens (including phenoxy) is 1. The first-order valence-electron chi connectivity index (χ1n) is 8.04. The van der Waals surface area contributed by atoms with Gasteiger partial charge in [-0.3, -0.25) is 9.64 Å². The maximum Gasteiger partial charge on any atom is 0.401 e. The van der Waals surface area contributed by atoms with Crippen LogP contribution in [0.15, 0.2) is 59.1 Å². The maximum atomic E-state index is 14.0. The summed E-state index contributed by atoms with van der Waals surface area (Å²) in [5, 5.41) is 0. The zero-order valence-corrected chi connectivity index (χ0v) is 16.3. The Labute approximate surface area is 168 Å². The van der Waals surface area contributed by atoms with E-state index in [1.54, 1.807) is 6.07 Å². The van der Waals surface area contributed by atoms with Crippen molar-refractivity contribution in [2.75, 3.05) is 7.11 Å². The van der Waals surface area contributed by atoms with Gasteiger partial charge in [-0.2, -0.15) is 13.2 Å². The molecule has 8 heteroatoms. The van der Waals surface area contributed by atoms with Crippen molar-refractivity contribution >= 4 is 27.7 Å². The normalized spacial score (nSPS) is 14.4. The summed E-state index contributed by atoms with van der Waals surface area (Å²) in [6.07, 6.45) is -6.07. The van der Waals surface area contributed by atoms with Gasteiger partial charge in [0.2, 0.25) is 0 Å². The van der Waals surface area contributed by atoms with Crippen LogP contribution >= 0.6 is 15.9 Å². The SMILES string of the molecule is [C-]#[N+][C@@](C(=O)OC)(c1ccc(Br)cc1)[C@H](CC(=O)c1ccccc1)C(F)(F)F. The Bertz CT molecular complexity index is 892. The number of ketones is 1. The number of hydrogen-bond donors (Lipinski definition) is 0. The third kappa shape index (κ3) is 4.25. The number of carbonyl (C=O) groups is 2. The number of Topliss-reactive ketones (excluding diaryl/α,β-unsaturated/α-hetero) is 1. The summed E-state index contributed by atoms with van der Waals surface area (Å²) in [5.41, 5.74) is -2.87. The topological polar surface area (TPSA) is 47.7 Å². The highest BCUT2D eigenvalue weighted by atomic mass is 79.9. The summed E-state index contributed by atoms with van der Waals surface area (Å²) in [6, 6.07) is 12.8. The van der Waals surface area contributed by atoms with E-state index in [-0.39, 0.29) is 11.1 Å². The van der Waals surface area contributed by atoms with Crippen molar-refractivity contribution in [2.24, 2.45) is 5.92 Å². The van der Waals surface area contributed by atoms with E-state index in [0.29, 0.717) is 4.47 Å². The fraction of sp³-hybridized carbons (Fsp3) is 0.250. The second-order valence-corrected chi connectivity index (χ2v) is 6.88. The van der Waals surface area contributed by atoms with Crippen LogP contribution in [-0.4, -0.2) is 25.0 Å². The average Bonchev–Trinajstić information content (AvgIpc) is 2.68. The molecule has 0 aliphatic carbocycles. The molecule has 0 saturated carbocycles. The van der Waals surface area contributed by atoms with Gasteiger partial charge in [-0.25, -0.2) is 11.4 Å². The van der Waals surface area contributed by atoms with Gasteiger partial charge >= 0.3 is 17.7 Å². The smallest absolute Gasteiger partial charge is 0.401 e. The van der Waals surface area contributed by atoms with Crippen molar-refractivity contribution in [3.8, 4) is 0 Å². The minimum absolute atomic E-state index is 0.0660. The first-order chi connectivity index (χ1) is 13.2. The van der Waals surface area contributed by atoms with E-state index in [9.17, 15) is 22.8 Å². The predicted molar refractivity (Wildman–Crippen MR) is 99.4 cm³/mol. The van der Waals surface area contributed by atoms with Crippen molar-refractivity contribution in [1.29, 1.82) is 0 Å². The molecule has 0 aliphatic heterocycles.